The lowest BCUT2D eigenvalue weighted by Crippen LogP contribution is -2.28. The molecule has 2 amide bonds. The number of nitrogens with zero attached hydrogens (tertiary/aromatic N) is 4. The Hall–Kier alpha value is -2.89. The third-order valence-electron chi connectivity index (χ3n) is 4.67. The van der Waals surface area contributed by atoms with Gasteiger partial charge in [0.05, 0.1) is 18.6 Å². The summed E-state index contributed by atoms with van der Waals surface area (Å²) in [5.41, 5.74) is 1.06. The summed E-state index contributed by atoms with van der Waals surface area (Å²) in [4.78, 5) is 26.2. The van der Waals surface area contributed by atoms with Crippen LogP contribution in [0.25, 0.3) is 5.69 Å². The number of benzene rings is 1. The summed E-state index contributed by atoms with van der Waals surface area (Å²) in [7, 11) is -2.75. The lowest BCUT2D eigenvalue weighted by Gasteiger charge is -2.25. The first-order chi connectivity index (χ1) is 14.8. The van der Waals surface area contributed by atoms with Gasteiger partial charge < -0.3 is 15.0 Å². The molecular weight excluding hydrogens is 422 g/mol. The maximum Gasteiger partial charge on any atom is 0.277 e. The zero-order valence-corrected chi connectivity index (χ0v) is 18.2. The molecule has 31 heavy (non-hydrogen) atoms. The molecule has 0 saturated carbocycles. The highest BCUT2D eigenvalue weighted by atomic mass is 32.3. The molecule has 11 heteroatoms. The molecule has 0 bridgehead atoms. The summed E-state index contributed by atoms with van der Waals surface area (Å²) in [6, 6.07) is 4.96. The van der Waals surface area contributed by atoms with Gasteiger partial charge in [0.25, 0.3) is 11.8 Å². The number of rotatable bonds is 9. The van der Waals surface area contributed by atoms with Gasteiger partial charge in [0, 0.05) is 18.7 Å². The monoisotopic (exact) mass is 449 g/mol. The summed E-state index contributed by atoms with van der Waals surface area (Å²) >= 11 is 0. The second kappa shape index (κ2) is 9.94. The average Bonchev–Trinajstić information content (AvgIpc) is 3.37. The Labute approximate surface area is 182 Å². The van der Waals surface area contributed by atoms with Crippen molar-refractivity contribution in [2.75, 3.05) is 31.3 Å². The van der Waals surface area contributed by atoms with Gasteiger partial charge in [-0.15, -0.1) is 11.7 Å². The number of carbonyl (C=O) groups is 2. The highest BCUT2D eigenvalue weighted by Crippen LogP contribution is 2.43. The number of ether oxygens (including phenoxy) is 1. The van der Waals surface area contributed by atoms with E-state index >= 15 is 0 Å². The minimum absolute atomic E-state index is 0.0857. The van der Waals surface area contributed by atoms with Crippen LogP contribution in [0.4, 0.5) is 0 Å². The first-order valence-corrected chi connectivity index (χ1v) is 11.8. The molecule has 1 aliphatic rings. The van der Waals surface area contributed by atoms with Crippen molar-refractivity contribution in [1.82, 2.24) is 25.2 Å². The fourth-order valence-electron chi connectivity index (χ4n) is 3.07. The average molecular weight is 450 g/mol. The molecule has 1 aromatic carbocycles. The van der Waals surface area contributed by atoms with Gasteiger partial charge in [-0.2, -0.15) is 10.6 Å². The fraction of sp³-hybridized carbons (Fsp3) is 0.400. The molecule has 2 aromatic rings. The molecule has 3 rings (SSSR count). The van der Waals surface area contributed by atoms with Gasteiger partial charge in [-0.3, -0.25) is 18.7 Å². The topological polar surface area (TPSA) is 130 Å². The smallest absolute Gasteiger partial charge is 0.277 e. The highest BCUT2D eigenvalue weighted by Gasteiger charge is 2.31. The van der Waals surface area contributed by atoms with Crippen LogP contribution in [0.5, 0.6) is 5.75 Å². The van der Waals surface area contributed by atoms with Crippen molar-refractivity contribution in [1.29, 1.82) is 0 Å². The number of carbonyl (C=O) groups excluding carboxylic acids is 2. The van der Waals surface area contributed by atoms with Crippen molar-refractivity contribution < 1.29 is 23.4 Å². The molecule has 168 valence electrons. The van der Waals surface area contributed by atoms with Crippen LogP contribution < -0.4 is 10.1 Å². The summed E-state index contributed by atoms with van der Waals surface area (Å²) in [6.45, 7) is 6.72. The molecule has 0 spiro atoms. The van der Waals surface area contributed by atoms with Crippen LogP contribution in [0, 0.1) is 0 Å². The maximum absolute atomic E-state index is 12.6. The highest BCUT2D eigenvalue weighted by molar-refractivity contribution is 8.24. The predicted molar refractivity (Wildman–Crippen MR) is 118 cm³/mol. The van der Waals surface area contributed by atoms with Crippen LogP contribution >= 0.6 is 10.6 Å². The molecule has 1 fully saturated rings. The van der Waals surface area contributed by atoms with E-state index in [1.807, 2.05) is 6.92 Å². The van der Waals surface area contributed by atoms with Crippen molar-refractivity contribution in [3.8, 4) is 11.4 Å². The molecule has 0 unspecified atom stereocenters. The van der Waals surface area contributed by atoms with E-state index in [2.05, 4.69) is 22.2 Å². The second-order valence-electron chi connectivity index (χ2n) is 7.07. The van der Waals surface area contributed by atoms with Gasteiger partial charge in [0.1, 0.15) is 17.3 Å². The van der Waals surface area contributed by atoms with Gasteiger partial charge in [-0.25, -0.2) is 4.68 Å². The number of hydrogen-bond donors (Lipinski definition) is 3. The first kappa shape index (κ1) is 22.8. The molecule has 3 N–H and O–H groups in total. The van der Waals surface area contributed by atoms with Crippen LogP contribution in [0.3, 0.4) is 0 Å². The van der Waals surface area contributed by atoms with E-state index in [1.165, 1.54) is 15.8 Å². The van der Waals surface area contributed by atoms with Gasteiger partial charge in [-0.1, -0.05) is 11.3 Å². The molecule has 1 saturated heterocycles. The molecular formula is C20H27N5O5S. The van der Waals surface area contributed by atoms with Crippen LogP contribution in [-0.2, 0) is 0 Å². The Balaban J connectivity index is 1.84. The summed E-state index contributed by atoms with van der Waals surface area (Å²) in [6.07, 6.45) is 4.82. The summed E-state index contributed by atoms with van der Waals surface area (Å²) < 4.78 is 26.8. The third kappa shape index (κ3) is 5.63. The molecule has 2 heterocycles. The van der Waals surface area contributed by atoms with E-state index in [0.29, 0.717) is 30.2 Å². The van der Waals surface area contributed by atoms with Crippen LogP contribution in [-0.4, -0.2) is 72.1 Å². The van der Waals surface area contributed by atoms with E-state index in [9.17, 15) is 18.7 Å². The van der Waals surface area contributed by atoms with Crippen molar-refractivity contribution in [2.45, 2.75) is 19.8 Å². The zero-order valence-electron chi connectivity index (χ0n) is 17.4. The van der Waals surface area contributed by atoms with Gasteiger partial charge in [-0.05, 0) is 38.0 Å². The minimum atomic E-state index is -2.75. The van der Waals surface area contributed by atoms with Crippen LogP contribution in [0.2, 0.25) is 0 Å². The number of nitrogens with one attached hydrogen (secondary N) is 1. The second-order valence-corrected chi connectivity index (χ2v) is 9.34. The SMILES string of the molecule is C=CCCCOc1cc(C(=O)NCC)ccc1-n1cc(C(=O)N2CCS(O)(O)C2)nn1. The van der Waals surface area contributed by atoms with Crippen molar-refractivity contribution in [2.24, 2.45) is 0 Å². The quantitative estimate of drug-likeness (QED) is 0.396. The lowest BCUT2D eigenvalue weighted by atomic mass is 10.1. The normalized spacial score (nSPS) is 16.0. The Morgan fingerprint density at radius 2 is 2.19 bits per heavy atom. The van der Waals surface area contributed by atoms with Gasteiger partial charge in [0.15, 0.2) is 5.69 Å². The summed E-state index contributed by atoms with van der Waals surface area (Å²) in [5, 5.41) is 10.7. The van der Waals surface area contributed by atoms with Crippen molar-refractivity contribution in [3.05, 3.63) is 48.3 Å². The molecule has 0 atom stereocenters. The Kier molecular flexibility index (Phi) is 7.31. The lowest BCUT2D eigenvalue weighted by molar-refractivity contribution is 0.0794. The Bertz CT molecular complexity index is 961. The Morgan fingerprint density at radius 3 is 2.87 bits per heavy atom. The number of aromatic nitrogens is 3. The molecule has 1 aromatic heterocycles. The molecule has 1 aliphatic heterocycles. The van der Waals surface area contributed by atoms with Gasteiger partial charge >= 0.3 is 0 Å². The molecule has 0 radical (unpaired) electrons. The van der Waals surface area contributed by atoms with Gasteiger partial charge in [0.2, 0.25) is 0 Å². The number of amides is 2. The first-order valence-electron chi connectivity index (χ1n) is 9.96. The number of unbranched alkanes of at least 4 members (excludes halogenated alkanes) is 1. The van der Waals surface area contributed by atoms with Crippen molar-refractivity contribution in [3.63, 3.8) is 0 Å². The molecule has 0 aliphatic carbocycles. The van der Waals surface area contributed by atoms with Crippen molar-refractivity contribution >= 4 is 22.4 Å². The molecule has 10 nitrogen and oxygen atoms in total. The predicted octanol–water partition coefficient (Wildman–Crippen LogP) is 2.53. The fourth-order valence-corrected chi connectivity index (χ4v) is 4.46. The van der Waals surface area contributed by atoms with Crippen LogP contribution in [0.15, 0.2) is 37.1 Å². The van der Waals surface area contributed by atoms with Crippen LogP contribution in [0.1, 0.15) is 40.6 Å². The Morgan fingerprint density at radius 1 is 1.39 bits per heavy atom. The van der Waals surface area contributed by atoms with E-state index < -0.39 is 16.5 Å². The number of hydrogen-bond acceptors (Lipinski definition) is 7. The minimum Gasteiger partial charge on any atom is -0.491 e. The van der Waals surface area contributed by atoms with E-state index in [4.69, 9.17) is 4.74 Å². The number of allylic oxidation sites excluding steroid dienone is 1. The largest absolute Gasteiger partial charge is 0.491 e. The van der Waals surface area contributed by atoms with E-state index in [1.54, 1.807) is 24.3 Å². The maximum atomic E-state index is 12.6. The third-order valence-corrected chi connectivity index (χ3v) is 6.23. The van der Waals surface area contributed by atoms with E-state index in [-0.39, 0.29) is 29.8 Å². The zero-order chi connectivity index (χ0) is 22.4. The standard InChI is InChI=1S/C20H27N5O5S/c1-3-5-6-10-30-18-12-15(19(26)21-4-2)7-8-17(18)25-13-16(22-23-25)20(27)24-9-11-31(28,29)14-24/h3,7-8,12-13,28-29H,1,4-6,9-11,14H2,2H3,(H,21,26). The summed E-state index contributed by atoms with van der Waals surface area (Å²) in [5.74, 6) is -0.135. The van der Waals surface area contributed by atoms with E-state index in [0.717, 1.165) is 12.8 Å².